The van der Waals surface area contributed by atoms with Gasteiger partial charge in [-0.1, -0.05) is 64.7 Å². The van der Waals surface area contributed by atoms with Crippen molar-refractivity contribution in [3.8, 4) is 0 Å². The fourth-order valence-electron chi connectivity index (χ4n) is 4.06. The normalized spacial score (nSPS) is 15.4. The molecule has 0 saturated heterocycles. The van der Waals surface area contributed by atoms with Crippen molar-refractivity contribution in [3.05, 3.63) is 0 Å². The Morgan fingerprint density at radius 1 is 0.595 bits per heavy atom. The molecule has 0 aromatic carbocycles. The molecular weight excluding hydrogens is 499 g/mol. The molecule has 226 valence electrons. The molecule has 37 heavy (non-hydrogen) atoms. The highest BCUT2D eigenvalue weighted by atomic mass is 31.2. The summed E-state index contributed by atoms with van der Waals surface area (Å²) in [6.45, 7) is 12.6. The minimum absolute atomic E-state index is 0.167. The predicted molar refractivity (Wildman–Crippen MR) is 149 cm³/mol. The first-order chi connectivity index (χ1) is 17.3. The summed E-state index contributed by atoms with van der Waals surface area (Å²) in [5.41, 5.74) is 0. The van der Waals surface area contributed by atoms with Gasteiger partial charge in [-0.2, -0.15) is 0 Å². The third-order valence-electron chi connectivity index (χ3n) is 5.58. The fraction of sp³-hybridized carbons (Fsp3) is 1.00. The van der Waals surface area contributed by atoms with Gasteiger partial charge in [-0.3, -0.25) is 14.3 Å². The second-order valence-electron chi connectivity index (χ2n) is 10.4. The number of phosphoric acid groups is 1. The molecule has 0 fully saturated rings. The number of rotatable bonds is 23. The highest BCUT2D eigenvalue weighted by Crippen LogP contribution is 2.35. The van der Waals surface area contributed by atoms with Crippen molar-refractivity contribution >= 4 is 7.82 Å². The number of hydrogen-bond acceptors (Lipinski definition) is 8. The maximum Gasteiger partial charge on any atom is 0.469 e. The molecule has 0 aliphatic carbocycles. The molecule has 0 aliphatic heterocycles. The molecule has 4 unspecified atom stereocenters. The average molecular weight is 559 g/mol. The summed E-state index contributed by atoms with van der Waals surface area (Å²) in [7, 11) is -4.24. The molecule has 0 radical (unpaired) electrons. The van der Waals surface area contributed by atoms with Crippen LogP contribution >= 0.6 is 7.82 Å². The van der Waals surface area contributed by atoms with Gasteiger partial charge in [0.1, 0.15) is 0 Å². The summed E-state index contributed by atoms with van der Waals surface area (Å²) in [5, 5.41) is 37.9. The van der Waals surface area contributed by atoms with Crippen molar-refractivity contribution < 1.29 is 39.3 Å². The summed E-state index contributed by atoms with van der Waals surface area (Å²) in [5.74, 6) is 0. The van der Waals surface area contributed by atoms with Crippen LogP contribution < -0.4 is 0 Å². The summed E-state index contributed by atoms with van der Waals surface area (Å²) >= 11 is 0. The van der Waals surface area contributed by atoms with Crippen LogP contribution in [0, 0.1) is 0 Å². The smallest absolute Gasteiger partial charge is 0.392 e. The Bertz CT molecular complexity index is 489. The number of nitrogens with zero attached hydrogens (tertiary/aromatic N) is 2. The first-order valence-electron chi connectivity index (χ1n) is 14.1. The lowest BCUT2D eigenvalue weighted by Gasteiger charge is -2.30. The van der Waals surface area contributed by atoms with Gasteiger partial charge in [0.15, 0.2) is 0 Å². The van der Waals surface area contributed by atoms with E-state index in [0.717, 1.165) is 19.3 Å². The van der Waals surface area contributed by atoms with Crippen LogP contribution in [0.3, 0.4) is 0 Å². The number of unbranched alkanes of at least 4 members (excludes halogenated alkanes) is 9. The SMILES string of the molecule is CC(O)CN(CCN(CC(C)O)CC(C)O)CC(C)O.CCCCCCCCCCCCOP(=O)(O)O. The summed E-state index contributed by atoms with van der Waals surface area (Å²) in [6, 6.07) is 0. The van der Waals surface area contributed by atoms with Crippen molar-refractivity contribution in [2.45, 2.75) is 123 Å². The van der Waals surface area contributed by atoms with E-state index in [9.17, 15) is 25.0 Å². The second kappa shape index (κ2) is 24.9. The van der Waals surface area contributed by atoms with E-state index >= 15 is 0 Å². The van der Waals surface area contributed by atoms with Gasteiger partial charge < -0.3 is 30.2 Å². The quantitative estimate of drug-likeness (QED) is 0.0814. The molecule has 0 spiro atoms. The first-order valence-corrected chi connectivity index (χ1v) is 15.7. The average Bonchev–Trinajstić information content (AvgIpc) is 2.74. The van der Waals surface area contributed by atoms with Crippen molar-refractivity contribution in [1.82, 2.24) is 9.80 Å². The zero-order valence-corrected chi connectivity index (χ0v) is 25.1. The Morgan fingerprint density at radius 2 is 0.892 bits per heavy atom. The van der Waals surface area contributed by atoms with E-state index in [-0.39, 0.29) is 6.61 Å². The third kappa shape index (κ3) is 33.8. The van der Waals surface area contributed by atoms with Crippen LogP contribution in [0.15, 0.2) is 0 Å². The van der Waals surface area contributed by atoms with Gasteiger partial charge in [-0.15, -0.1) is 0 Å². The van der Waals surface area contributed by atoms with Gasteiger partial charge in [0.2, 0.25) is 0 Å². The largest absolute Gasteiger partial charge is 0.469 e. The molecule has 0 bridgehead atoms. The maximum absolute atomic E-state index is 10.4. The highest BCUT2D eigenvalue weighted by molar-refractivity contribution is 7.46. The van der Waals surface area contributed by atoms with Crippen LogP contribution in [0.5, 0.6) is 0 Å². The lowest BCUT2D eigenvalue weighted by atomic mass is 10.1. The molecule has 10 nitrogen and oxygen atoms in total. The van der Waals surface area contributed by atoms with E-state index in [4.69, 9.17) is 9.79 Å². The first kappa shape index (κ1) is 39.0. The van der Waals surface area contributed by atoms with Crippen molar-refractivity contribution in [2.75, 3.05) is 45.9 Å². The van der Waals surface area contributed by atoms with Crippen LogP contribution in [-0.2, 0) is 9.09 Å². The fourth-order valence-corrected chi connectivity index (χ4v) is 4.43. The second-order valence-corrected chi connectivity index (χ2v) is 11.7. The molecule has 0 rings (SSSR count). The van der Waals surface area contributed by atoms with E-state index in [1.165, 1.54) is 44.9 Å². The van der Waals surface area contributed by atoms with Gasteiger partial charge in [0, 0.05) is 39.3 Å². The molecule has 0 aliphatic rings. The Balaban J connectivity index is 0. The number of phosphoric ester groups is 1. The van der Waals surface area contributed by atoms with Crippen LogP contribution in [0.4, 0.5) is 0 Å². The summed E-state index contributed by atoms with van der Waals surface area (Å²) in [4.78, 5) is 20.9. The Kier molecular flexibility index (Phi) is 26.2. The van der Waals surface area contributed by atoms with E-state index in [2.05, 4.69) is 11.4 Å². The molecule has 0 aromatic rings. The van der Waals surface area contributed by atoms with Crippen LogP contribution in [0.2, 0.25) is 0 Å². The molecule has 4 atom stereocenters. The van der Waals surface area contributed by atoms with Crippen molar-refractivity contribution in [2.24, 2.45) is 0 Å². The lowest BCUT2D eigenvalue weighted by molar-refractivity contribution is 0.0542. The zero-order chi connectivity index (χ0) is 28.7. The molecule has 0 saturated carbocycles. The van der Waals surface area contributed by atoms with Gasteiger partial charge in [0.05, 0.1) is 31.0 Å². The molecule has 0 amide bonds. The van der Waals surface area contributed by atoms with Crippen molar-refractivity contribution in [3.63, 3.8) is 0 Å². The zero-order valence-electron chi connectivity index (χ0n) is 24.2. The van der Waals surface area contributed by atoms with Gasteiger partial charge in [0.25, 0.3) is 0 Å². The highest BCUT2D eigenvalue weighted by Gasteiger charge is 2.15. The van der Waals surface area contributed by atoms with Crippen LogP contribution in [0.1, 0.15) is 98.8 Å². The van der Waals surface area contributed by atoms with E-state index in [1.54, 1.807) is 27.7 Å². The molecule has 11 heteroatoms. The number of aliphatic hydroxyl groups is 4. The van der Waals surface area contributed by atoms with E-state index in [1.807, 2.05) is 9.80 Å². The topological polar surface area (TPSA) is 154 Å². The Hall–Kier alpha value is -0.130. The minimum Gasteiger partial charge on any atom is -0.392 e. The maximum atomic E-state index is 10.4. The standard InChI is InChI=1S/C14H32N2O4.C12H27O4P/c1-11(17)7-15(8-12(2)18)5-6-16(9-13(3)19)10-14(4)20;1-2-3-4-5-6-7-8-9-10-11-12-16-17(13,14)15/h11-14,17-20H,5-10H2,1-4H3;2-12H2,1H3,(H2,13,14,15). The number of hydrogen-bond donors (Lipinski definition) is 6. The lowest BCUT2D eigenvalue weighted by Crippen LogP contribution is -2.44. The van der Waals surface area contributed by atoms with Gasteiger partial charge >= 0.3 is 7.82 Å². The van der Waals surface area contributed by atoms with Gasteiger partial charge in [-0.05, 0) is 34.1 Å². The third-order valence-corrected chi connectivity index (χ3v) is 6.10. The van der Waals surface area contributed by atoms with Crippen molar-refractivity contribution in [1.29, 1.82) is 0 Å². The predicted octanol–water partition coefficient (Wildman–Crippen LogP) is 3.13. The van der Waals surface area contributed by atoms with E-state index < -0.39 is 32.2 Å². The Morgan fingerprint density at radius 3 is 1.16 bits per heavy atom. The van der Waals surface area contributed by atoms with Gasteiger partial charge in [-0.25, -0.2) is 4.57 Å². The molecule has 6 N–H and O–H groups in total. The number of aliphatic hydroxyl groups excluding tert-OH is 4. The Labute approximate surface area is 226 Å². The minimum atomic E-state index is -4.24. The molecular formula is C26H59N2O8P. The van der Waals surface area contributed by atoms with Crippen LogP contribution in [-0.4, -0.2) is 110 Å². The van der Waals surface area contributed by atoms with Crippen LogP contribution in [0.25, 0.3) is 0 Å². The summed E-state index contributed by atoms with van der Waals surface area (Å²) < 4.78 is 14.7. The molecule has 0 heterocycles. The molecule has 0 aromatic heterocycles. The van der Waals surface area contributed by atoms with E-state index in [0.29, 0.717) is 39.3 Å². The summed E-state index contributed by atoms with van der Waals surface area (Å²) in [6.07, 6.45) is 10.2. The monoisotopic (exact) mass is 558 g/mol.